The fourth-order valence-electron chi connectivity index (χ4n) is 2.52. The van der Waals surface area contributed by atoms with Crippen LogP contribution in [0.15, 0.2) is 34.5 Å². The number of likely N-dealkylation sites (N-methyl/N-ethyl adjacent to an activating group) is 1. The van der Waals surface area contributed by atoms with Gasteiger partial charge in [-0.1, -0.05) is 17.7 Å². The van der Waals surface area contributed by atoms with Crippen LogP contribution in [0, 0.1) is 5.82 Å². The number of benzene rings is 1. The van der Waals surface area contributed by atoms with Gasteiger partial charge in [-0.2, -0.15) is 0 Å². The number of Topliss-reactive ketones (excluding diaryl/α,β-unsaturated/α-hetero) is 1. The van der Waals surface area contributed by atoms with Gasteiger partial charge in [-0.15, -0.1) is 0 Å². The van der Waals surface area contributed by atoms with E-state index in [0.717, 1.165) is 6.54 Å². The van der Waals surface area contributed by atoms with Gasteiger partial charge in [0.05, 0.1) is 12.1 Å². The largest absolute Gasteiger partial charge is 0.511 e. The summed E-state index contributed by atoms with van der Waals surface area (Å²) in [4.78, 5) is 18.4. The summed E-state index contributed by atoms with van der Waals surface area (Å²) in [5.41, 5.74) is 0.940. The summed E-state index contributed by atoms with van der Waals surface area (Å²) in [6.07, 6.45) is 1.97. The summed E-state index contributed by atoms with van der Waals surface area (Å²) in [6, 6.07) is 4.10. The summed E-state index contributed by atoms with van der Waals surface area (Å²) in [7, 11) is 3.88. The number of halogens is 2. The zero-order valence-electron chi connectivity index (χ0n) is 13.2. The molecule has 1 aliphatic carbocycles. The Balaban J connectivity index is 2.13. The molecule has 1 N–H and O–H groups in total. The summed E-state index contributed by atoms with van der Waals surface area (Å²) >= 11 is 6.05. The first kappa shape index (κ1) is 17.6. The van der Waals surface area contributed by atoms with Crippen molar-refractivity contribution in [1.82, 2.24) is 4.90 Å². The first-order chi connectivity index (χ1) is 10.9. The molecule has 0 spiro atoms. The number of aliphatic imine (C=N–C) groups is 1. The van der Waals surface area contributed by atoms with E-state index in [4.69, 9.17) is 11.6 Å². The van der Waals surface area contributed by atoms with E-state index in [2.05, 4.69) is 4.99 Å². The van der Waals surface area contributed by atoms with Gasteiger partial charge in [0, 0.05) is 30.6 Å². The molecule has 1 unspecified atom stereocenters. The van der Waals surface area contributed by atoms with Gasteiger partial charge in [-0.25, -0.2) is 4.39 Å². The Morgan fingerprint density at radius 3 is 2.78 bits per heavy atom. The quantitative estimate of drug-likeness (QED) is 0.837. The number of rotatable bonds is 5. The maximum Gasteiger partial charge on any atom is 0.168 e. The predicted octanol–water partition coefficient (Wildman–Crippen LogP) is 3.37. The molecule has 0 aromatic heterocycles. The van der Waals surface area contributed by atoms with Crippen LogP contribution in [0.4, 0.5) is 4.39 Å². The number of carbonyl (C=O) groups is 1. The molecule has 2 rings (SSSR count). The maximum absolute atomic E-state index is 13.1. The number of hydrogen-bond donors (Lipinski definition) is 1. The van der Waals surface area contributed by atoms with Gasteiger partial charge in [0.2, 0.25) is 0 Å². The minimum atomic E-state index is -0.422. The third-order valence-corrected chi connectivity index (χ3v) is 4.11. The number of hydrogen-bond acceptors (Lipinski definition) is 4. The van der Waals surface area contributed by atoms with E-state index in [9.17, 15) is 14.3 Å². The molecule has 23 heavy (non-hydrogen) atoms. The lowest BCUT2D eigenvalue weighted by Gasteiger charge is -2.23. The van der Waals surface area contributed by atoms with Crippen LogP contribution >= 0.6 is 11.6 Å². The van der Waals surface area contributed by atoms with E-state index in [0.29, 0.717) is 18.5 Å². The Hall–Kier alpha value is -1.72. The van der Waals surface area contributed by atoms with Gasteiger partial charge in [0.15, 0.2) is 5.78 Å². The van der Waals surface area contributed by atoms with Gasteiger partial charge in [0.25, 0.3) is 0 Å². The molecule has 0 bridgehead atoms. The predicted molar refractivity (Wildman–Crippen MR) is 90.0 cm³/mol. The minimum absolute atomic E-state index is 0.0141. The molecule has 1 atom stereocenters. The number of nitrogens with zero attached hydrogens (tertiary/aromatic N) is 2. The lowest BCUT2D eigenvalue weighted by molar-refractivity contribution is -0.116. The Kier molecular flexibility index (Phi) is 5.91. The van der Waals surface area contributed by atoms with Crippen LogP contribution in [0.1, 0.15) is 24.3 Å². The van der Waals surface area contributed by atoms with Crippen molar-refractivity contribution in [2.75, 3.05) is 27.2 Å². The van der Waals surface area contributed by atoms with Crippen molar-refractivity contribution < 1.29 is 14.3 Å². The third kappa shape index (κ3) is 4.62. The van der Waals surface area contributed by atoms with Gasteiger partial charge in [-0.3, -0.25) is 9.79 Å². The molecule has 0 aliphatic heterocycles. The first-order valence-corrected chi connectivity index (χ1v) is 7.81. The number of carbonyl (C=O) groups excluding carboxylic acids is 1. The highest BCUT2D eigenvalue weighted by molar-refractivity contribution is 6.31. The highest BCUT2D eigenvalue weighted by Crippen LogP contribution is 2.36. The van der Waals surface area contributed by atoms with Crippen molar-refractivity contribution in [2.45, 2.75) is 18.8 Å². The molecule has 1 aliphatic rings. The second-order valence-corrected chi connectivity index (χ2v) is 6.30. The van der Waals surface area contributed by atoms with Crippen molar-refractivity contribution in [3.05, 3.63) is 45.9 Å². The van der Waals surface area contributed by atoms with Crippen LogP contribution in [0.3, 0.4) is 0 Å². The molecule has 1 aromatic rings. The average molecular weight is 339 g/mol. The molecule has 0 saturated heterocycles. The van der Waals surface area contributed by atoms with Crippen LogP contribution in [0.5, 0.6) is 0 Å². The Labute approximate surface area is 140 Å². The van der Waals surface area contributed by atoms with Crippen molar-refractivity contribution in [1.29, 1.82) is 0 Å². The number of aliphatic hydroxyl groups is 1. The Morgan fingerprint density at radius 1 is 1.43 bits per heavy atom. The van der Waals surface area contributed by atoms with Crippen LogP contribution in [-0.4, -0.2) is 49.2 Å². The average Bonchev–Trinajstić information content (AvgIpc) is 2.45. The molecule has 0 amide bonds. The van der Waals surface area contributed by atoms with Crippen LogP contribution in [0.25, 0.3) is 0 Å². The lowest BCUT2D eigenvalue weighted by atomic mass is 9.83. The number of allylic oxidation sites excluding steroid dienone is 2. The molecule has 124 valence electrons. The van der Waals surface area contributed by atoms with E-state index in [1.165, 1.54) is 18.3 Å². The zero-order valence-corrected chi connectivity index (χ0v) is 14.0. The van der Waals surface area contributed by atoms with E-state index < -0.39 is 5.82 Å². The molecule has 0 radical (unpaired) electrons. The molecular weight excluding hydrogens is 319 g/mol. The monoisotopic (exact) mass is 338 g/mol. The Bertz CT molecular complexity index is 656. The van der Waals surface area contributed by atoms with E-state index in [1.807, 2.05) is 19.0 Å². The minimum Gasteiger partial charge on any atom is -0.511 e. The molecular formula is C17H20ClFN2O2. The molecule has 6 heteroatoms. The summed E-state index contributed by atoms with van der Waals surface area (Å²) < 4.78 is 13.1. The summed E-state index contributed by atoms with van der Waals surface area (Å²) in [5, 5.41) is 10.4. The van der Waals surface area contributed by atoms with Crippen LogP contribution in [0.2, 0.25) is 5.02 Å². The SMILES string of the molecule is CN(C)CCN=CC1=C(O)CC(c2ccc(F)cc2Cl)CC1=O. The third-order valence-electron chi connectivity index (χ3n) is 3.78. The van der Waals surface area contributed by atoms with Gasteiger partial charge >= 0.3 is 0 Å². The van der Waals surface area contributed by atoms with Gasteiger partial charge < -0.3 is 10.0 Å². The molecule has 0 heterocycles. The zero-order chi connectivity index (χ0) is 17.0. The number of aliphatic hydroxyl groups excluding tert-OH is 1. The first-order valence-electron chi connectivity index (χ1n) is 7.43. The van der Waals surface area contributed by atoms with Crippen molar-refractivity contribution in [3.8, 4) is 0 Å². The normalized spacial score (nSPS) is 19.2. The smallest absolute Gasteiger partial charge is 0.168 e. The van der Waals surface area contributed by atoms with Crippen LogP contribution in [-0.2, 0) is 4.79 Å². The van der Waals surface area contributed by atoms with Crippen molar-refractivity contribution in [2.24, 2.45) is 4.99 Å². The van der Waals surface area contributed by atoms with E-state index >= 15 is 0 Å². The lowest BCUT2D eigenvalue weighted by Crippen LogP contribution is -2.20. The fourth-order valence-corrected chi connectivity index (χ4v) is 2.84. The van der Waals surface area contributed by atoms with Gasteiger partial charge in [-0.05, 0) is 37.7 Å². The molecule has 0 fully saturated rings. The van der Waals surface area contributed by atoms with Crippen molar-refractivity contribution in [3.63, 3.8) is 0 Å². The highest BCUT2D eigenvalue weighted by atomic mass is 35.5. The van der Waals surface area contributed by atoms with E-state index in [-0.39, 0.29) is 34.5 Å². The topological polar surface area (TPSA) is 52.9 Å². The highest BCUT2D eigenvalue weighted by Gasteiger charge is 2.29. The number of ketones is 1. The van der Waals surface area contributed by atoms with Crippen molar-refractivity contribution >= 4 is 23.6 Å². The summed E-state index contributed by atoms with van der Waals surface area (Å²) in [6.45, 7) is 1.33. The van der Waals surface area contributed by atoms with Gasteiger partial charge in [0.1, 0.15) is 11.6 Å². The molecule has 0 saturated carbocycles. The van der Waals surface area contributed by atoms with E-state index in [1.54, 1.807) is 6.07 Å². The standard InChI is InChI=1S/C17H20ClFN2O2/c1-21(2)6-5-20-10-14-16(22)7-11(8-17(14)23)13-4-3-12(19)9-15(13)18/h3-4,9-11,22H,5-8H2,1-2H3. The molecule has 1 aromatic carbocycles. The Morgan fingerprint density at radius 2 is 2.17 bits per heavy atom. The van der Waals surface area contributed by atoms with Crippen LogP contribution < -0.4 is 0 Å². The molecule has 4 nitrogen and oxygen atoms in total. The second-order valence-electron chi connectivity index (χ2n) is 5.89. The maximum atomic E-state index is 13.1. The fraction of sp³-hybridized carbons (Fsp3) is 0.412. The summed E-state index contributed by atoms with van der Waals surface area (Å²) in [5.74, 6) is -0.822. The second kappa shape index (κ2) is 7.70.